The predicted molar refractivity (Wildman–Crippen MR) is 116 cm³/mol. The van der Waals surface area contributed by atoms with E-state index in [0.29, 0.717) is 49.7 Å². The van der Waals surface area contributed by atoms with E-state index in [1.807, 2.05) is 0 Å². The van der Waals surface area contributed by atoms with Crippen molar-refractivity contribution in [1.29, 1.82) is 0 Å². The van der Waals surface area contributed by atoms with E-state index >= 15 is 0 Å². The Kier molecular flexibility index (Phi) is 7.40. The first-order valence-corrected chi connectivity index (χ1v) is 9.96. The van der Waals surface area contributed by atoms with E-state index in [0.717, 1.165) is 5.69 Å². The van der Waals surface area contributed by atoms with Gasteiger partial charge >= 0.3 is 0 Å². The van der Waals surface area contributed by atoms with Crippen molar-refractivity contribution in [1.82, 2.24) is 4.90 Å². The highest BCUT2D eigenvalue weighted by Gasteiger charge is 2.18. The van der Waals surface area contributed by atoms with E-state index in [4.69, 9.17) is 4.74 Å². The molecule has 1 aliphatic heterocycles. The van der Waals surface area contributed by atoms with Crippen molar-refractivity contribution in [3.05, 3.63) is 54.1 Å². The van der Waals surface area contributed by atoms with Gasteiger partial charge in [0.2, 0.25) is 11.8 Å². The Balaban J connectivity index is 1.46. The maximum atomic E-state index is 12.4. The van der Waals surface area contributed by atoms with E-state index in [1.165, 1.54) is 0 Å². The fraction of sp³-hybridized carbons (Fsp3) is 0.318. The number of rotatable bonds is 7. The number of carbonyl (C=O) groups excluding carboxylic acids is 3. The lowest BCUT2D eigenvalue weighted by Crippen LogP contribution is -2.40. The van der Waals surface area contributed by atoms with Gasteiger partial charge in [-0.1, -0.05) is 6.92 Å². The molecule has 0 aliphatic carbocycles. The Morgan fingerprint density at radius 3 is 1.93 bits per heavy atom. The Labute approximate surface area is 175 Å². The summed E-state index contributed by atoms with van der Waals surface area (Å²) in [5.74, 6) is -0.274. The van der Waals surface area contributed by atoms with Gasteiger partial charge in [0.15, 0.2) is 0 Å². The Morgan fingerprint density at radius 1 is 0.833 bits per heavy atom. The zero-order chi connectivity index (χ0) is 21.3. The van der Waals surface area contributed by atoms with Crippen LogP contribution in [0.25, 0.3) is 0 Å². The molecule has 8 heteroatoms. The predicted octanol–water partition coefficient (Wildman–Crippen LogP) is 2.56. The van der Waals surface area contributed by atoms with Crippen molar-refractivity contribution in [2.45, 2.75) is 13.3 Å². The van der Waals surface area contributed by atoms with Gasteiger partial charge in [-0.15, -0.1) is 0 Å². The summed E-state index contributed by atoms with van der Waals surface area (Å²) < 4.78 is 5.27. The highest BCUT2D eigenvalue weighted by molar-refractivity contribution is 5.96. The molecule has 0 saturated carbocycles. The fourth-order valence-corrected chi connectivity index (χ4v) is 2.95. The Hall–Kier alpha value is -3.39. The summed E-state index contributed by atoms with van der Waals surface area (Å²) in [6.45, 7) is 4.21. The first-order valence-electron chi connectivity index (χ1n) is 9.96. The molecule has 8 nitrogen and oxygen atoms in total. The molecule has 3 amide bonds. The minimum Gasteiger partial charge on any atom is -0.378 e. The van der Waals surface area contributed by atoms with E-state index in [2.05, 4.69) is 16.0 Å². The third-order valence-electron chi connectivity index (χ3n) is 4.66. The summed E-state index contributed by atoms with van der Waals surface area (Å²) in [6.07, 6.45) is 0.409. The number of carbonyl (C=O) groups is 3. The first kappa shape index (κ1) is 21.3. The largest absolute Gasteiger partial charge is 0.378 e. The molecule has 30 heavy (non-hydrogen) atoms. The lowest BCUT2D eigenvalue weighted by atomic mass is 10.1. The summed E-state index contributed by atoms with van der Waals surface area (Å²) in [5, 5.41) is 8.59. The third kappa shape index (κ3) is 6.05. The zero-order valence-electron chi connectivity index (χ0n) is 16.9. The number of benzene rings is 2. The molecular formula is C22H26N4O4. The van der Waals surface area contributed by atoms with Crippen LogP contribution in [0.15, 0.2) is 48.5 Å². The molecule has 3 N–H and O–H groups in total. The molecule has 2 aromatic rings. The van der Waals surface area contributed by atoms with Crippen molar-refractivity contribution in [3.8, 4) is 0 Å². The number of anilines is 3. The van der Waals surface area contributed by atoms with Crippen LogP contribution in [0.5, 0.6) is 0 Å². The number of amides is 3. The monoisotopic (exact) mass is 410 g/mol. The minimum atomic E-state index is -0.200. The van der Waals surface area contributed by atoms with E-state index in [9.17, 15) is 14.4 Å². The second-order valence-electron chi connectivity index (χ2n) is 6.86. The van der Waals surface area contributed by atoms with E-state index in [1.54, 1.807) is 60.4 Å². The molecule has 3 rings (SSSR count). The number of ether oxygens (including phenoxy) is 1. The molecule has 1 fully saturated rings. The van der Waals surface area contributed by atoms with E-state index < -0.39 is 0 Å². The van der Waals surface area contributed by atoms with Gasteiger partial charge in [-0.25, -0.2) is 0 Å². The lowest BCUT2D eigenvalue weighted by molar-refractivity contribution is -0.116. The summed E-state index contributed by atoms with van der Waals surface area (Å²) in [4.78, 5) is 37.8. The molecule has 0 spiro atoms. The second kappa shape index (κ2) is 10.4. The smallest absolute Gasteiger partial charge is 0.254 e. The van der Waals surface area contributed by atoms with Crippen LogP contribution in [0.1, 0.15) is 23.7 Å². The van der Waals surface area contributed by atoms with Gasteiger partial charge in [0.1, 0.15) is 0 Å². The van der Waals surface area contributed by atoms with Crippen molar-refractivity contribution in [2.24, 2.45) is 0 Å². The zero-order valence-corrected chi connectivity index (χ0v) is 16.9. The van der Waals surface area contributed by atoms with Gasteiger partial charge in [0.25, 0.3) is 5.91 Å². The first-order chi connectivity index (χ1) is 14.5. The molecular weight excluding hydrogens is 384 g/mol. The van der Waals surface area contributed by atoms with Gasteiger partial charge in [0.05, 0.1) is 19.8 Å². The molecule has 1 aliphatic rings. The van der Waals surface area contributed by atoms with Crippen molar-refractivity contribution >= 4 is 34.8 Å². The Bertz CT molecular complexity index is 875. The average Bonchev–Trinajstić information content (AvgIpc) is 2.79. The molecule has 1 heterocycles. The molecule has 0 atom stereocenters. The normalized spacial score (nSPS) is 13.4. The van der Waals surface area contributed by atoms with E-state index in [-0.39, 0.29) is 24.3 Å². The summed E-state index contributed by atoms with van der Waals surface area (Å²) in [5.41, 5.74) is 2.69. The molecule has 0 aromatic heterocycles. The van der Waals surface area contributed by atoms with Crippen LogP contribution in [0, 0.1) is 0 Å². The van der Waals surface area contributed by atoms with Crippen LogP contribution in [-0.2, 0) is 14.3 Å². The van der Waals surface area contributed by atoms with Gasteiger partial charge in [-0.3, -0.25) is 14.4 Å². The topological polar surface area (TPSA) is 99.8 Å². The van der Waals surface area contributed by atoms with Crippen molar-refractivity contribution in [3.63, 3.8) is 0 Å². The average molecular weight is 410 g/mol. The van der Waals surface area contributed by atoms with Crippen LogP contribution < -0.4 is 16.0 Å². The second-order valence-corrected chi connectivity index (χ2v) is 6.86. The molecule has 0 bridgehead atoms. The van der Waals surface area contributed by atoms with Gasteiger partial charge in [-0.05, 0) is 48.5 Å². The molecule has 0 unspecified atom stereocenters. The maximum Gasteiger partial charge on any atom is 0.254 e. The number of nitrogens with one attached hydrogen (secondary N) is 3. The number of morpholine rings is 1. The molecule has 158 valence electrons. The SMILES string of the molecule is CCC(=O)Nc1ccc(NC(=O)CNc2ccc(C(=O)N3CCOCC3)cc2)cc1. The van der Waals surface area contributed by atoms with Crippen molar-refractivity contribution in [2.75, 3.05) is 48.8 Å². The highest BCUT2D eigenvalue weighted by atomic mass is 16.5. The quantitative estimate of drug-likeness (QED) is 0.651. The third-order valence-corrected chi connectivity index (χ3v) is 4.66. The van der Waals surface area contributed by atoms with Gasteiger partial charge < -0.3 is 25.6 Å². The van der Waals surface area contributed by atoms with Crippen molar-refractivity contribution < 1.29 is 19.1 Å². The standard InChI is InChI=1S/C22H26N4O4/c1-2-20(27)24-18-7-9-19(10-8-18)25-21(28)15-23-17-5-3-16(4-6-17)22(29)26-11-13-30-14-12-26/h3-10,23H,2,11-15H2,1H3,(H,24,27)(H,25,28). The van der Waals surface area contributed by atoms with Crippen LogP contribution in [-0.4, -0.2) is 55.5 Å². The minimum absolute atomic E-state index is 0.0128. The lowest BCUT2D eigenvalue weighted by Gasteiger charge is -2.26. The van der Waals surface area contributed by atoms with Crippen LogP contribution in [0.3, 0.4) is 0 Å². The molecule has 2 aromatic carbocycles. The maximum absolute atomic E-state index is 12.4. The Morgan fingerprint density at radius 2 is 1.37 bits per heavy atom. The summed E-state index contributed by atoms with van der Waals surface area (Å²) >= 11 is 0. The van der Waals surface area contributed by atoms with Crippen LogP contribution >= 0.6 is 0 Å². The fourth-order valence-electron chi connectivity index (χ4n) is 2.95. The van der Waals surface area contributed by atoms with Gasteiger partial charge in [0, 0.05) is 42.1 Å². The number of hydrogen-bond donors (Lipinski definition) is 3. The van der Waals surface area contributed by atoms with Crippen LogP contribution in [0.4, 0.5) is 17.1 Å². The summed E-state index contributed by atoms with van der Waals surface area (Å²) in [7, 11) is 0. The highest BCUT2D eigenvalue weighted by Crippen LogP contribution is 2.15. The summed E-state index contributed by atoms with van der Waals surface area (Å²) in [6, 6.07) is 14.0. The molecule has 1 saturated heterocycles. The number of nitrogens with zero attached hydrogens (tertiary/aromatic N) is 1. The number of hydrogen-bond acceptors (Lipinski definition) is 5. The van der Waals surface area contributed by atoms with Gasteiger partial charge in [-0.2, -0.15) is 0 Å². The van der Waals surface area contributed by atoms with Crippen LogP contribution in [0.2, 0.25) is 0 Å². The molecule has 0 radical (unpaired) electrons.